The maximum absolute atomic E-state index is 14.5. The van der Waals surface area contributed by atoms with Crippen molar-refractivity contribution in [2.45, 2.75) is 71.2 Å². The summed E-state index contributed by atoms with van der Waals surface area (Å²) < 4.78 is 5.49. The average Bonchev–Trinajstić information content (AvgIpc) is 2.98. The largest absolute Gasteiger partial charge is 0.508 e. The predicted molar refractivity (Wildman–Crippen MR) is 167 cm³/mol. The molecule has 0 radical (unpaired) electrons. The molecular formula is C35H41N3O5. The highest BCUT2D eigenvalue weighted by Crippen LogP contribution is 2.27. The molecule has 0 saturated heterocycles. The summed E-state index contributed by atoms with van der Waals surface area (Å²) in [5.41, 5.74) is 1.83. The summed E-state index contributed by atoms with van der Waals surface area (Å²) in [5, 5.41) is 15.5. The number of amides is 3. The third kappa shape index (κ3) is 9.93. The molecule has 0 spiro atoms. The molecule has 8 heteroatoms. The van der Waals surface area contributed by atoms with Crippen LogP contribution in [0.4, 0.5) is 4.79 Å². The Balaban J connectivity index is 2.05. The van der Waals surface area contributed by atoms with Crippen molar-refractivity contribution in [1.29, 1.82) is 0 Å². The van der Waals surface area contributed by atoms with Crippen molar-refractivity contribution >= 4 is 17.9 Å². The lowest BCUT2D eigenvalue weighted by Gasteiger charge is -2.35. The Morgan fingerprint density at radius 3 is 2.23 bits per heavy atom. The Labute approximate surface area is 254 Å². The number of nitrogens with one attached hydrogen (secondary N) is 2. The first kappa shape index (κ1) is 32.7. The van der Waals surface area contributed by atoms with Gasteiger partial charge in [0.15, 0.2) is 0 Å². The van der Waals surface area contributed by atoms with E-state index in [4.69, 9.17) is 11.2 Å². The fourth-order valence-electron chi connectivity index (χ4n) is 4.61. The lowest BCUT2D eigenvalue weighted by atomic mass is 9.96. The number of unbranched alkanes of at least 4 members (excludes halogenated alkanes) is 1. The molecular weight excluding hydrogens is 542 g/mol. The number of aromatic hydroxyl groups is 1. The fourth-order valence-corrected chi connectivity index (χ4v) is 4.61. The van der Waals surface area contributed by atoms with Gasteiger partial charge in [-0.15, -0.1) is 6.42 Å². The number of benzene rings is 3. The Morgan fingerprint density at radius 2 is 1.60 bits per heavy atom. The fraction of sp³-hybridized carbons (Fsp3) is 0.343. The van der Waals surface area contributed by atoms with Crippen LogP contribution in [-0.2, 0) is 27.3 Å². The van der Waals surface area contributed by atoms with Crippen LogP contribution in [0.2, 0.25) is 0 Å². The SMILES string of the molecule is C#Cc1ccccc1C(C(=O)NCc1ccccc1)N(CCCC)C(=O)C(Cc1ccc(O)cc1)NC(=O)OC(C)(C)C. The Kier molecular flexibility index (Phi) is 11.8. The molecule has 2 unspecified atom stereocenters. The second kappa shape index (κ2) is 15.5. The minimum atomic E-state index is -1.07. The van der Waals surface area contributed by atoms with Crippen LogP contribution in [0, 0.1) is 12.3 Å². The van der Waals surface area contributed by atoms with Crippen molar-refractivity contribution in [3.63, 3.8) is 0 Å². The van der Waals surface area contributed by atoms with Crippen molar-refractivity contribution in [2.75, 3.05) is 6.54 Å². The van der Waals surface area contributed by atoms with E-state index < -0.39 is 35.6 Å². The lowest BCUT2D eigenvalue weighted by molar-refractivity contribution is -0.142. The number of ether oxygens (including phenoxy) is 1. The smallest absolute Gasteiger partial charge is 0.408 e. The normalized spacial score (nSPS) is 12.3. The highest BCUT2D eigenvalue weighted by atomic mass is 16.6. The second-order valence-electron chi connectivity index (χ2n) is 11.3. The molecule has 3 rings (SSSR count). The molecule has 3 amide bonds. The zero-order valence-electron chi connectivity index (χ0n) is 25.3. The minimum absolute atomic E-state index is 0.0809. The molecule has 0 heterocycles. The Morgan fingerprint density at radius 1 is 0.953 bits per heavy atom. The number of rotatable bonds is 12. The molecule has 0 aromatic heterocycles. The summed E-state index contributed by atoms with van der Waals surface area (Å²) in [7, 11) is 0. The van der Waals surface area contributed by atoms with Gasteiger partial charge in [-0.2, -0.15) is 0 Å². The Hall–Kier alpha value is -4.77. The molecule has 3 N–H and O–H groups in total. The topological polar surface area (TPSA) is 108 Å². The van der Waals surface area contributed by atoms with Crippen molar-refractivity contribution in [1.82, 2.24) is 15.5 Å². The van der Waals surface area contributed by atoms with Crippen molar-refractivity contribution in [2.24, 2.45) is 0 Å². The van der Waals surface area contributed by atoms with Gasteiger partial charge < -0.3 is 25.4 Å². The number of nitrogens with zero attached hydrogens (tertiary/aromatic N) is 1. The summed E-state index contributed by atoms with van der Waals surface area (Å²) in [6, 6.07) is 20.8. The standard InChI is InChI=1S/C35H41N3O5/c1-6-8-22-38(33(41)30(37-34(42)43-35(3,4)5)23-25-18-20-28(39)21-19-25)31(29-17-13-12-16-27(29)7-2)32(40)36-24-26-14-10-9-11-15-26/h2,9-21,30-31,39H,6,8,22-24H2,1,3-5H3,(H,36,40)(H,37,42). The van der Waals surface area contributed by atoms with Crippen LogP contribution in [0.3, 0.4) is 0 Å². The van der Waals surface area contributed by atoms with Gasteiger partial charge in [0.05, 0.1) is 0 Å². The summed E-state index contributed by atoms with van der Waals surface area (Å²) in [6.07, 6.45) is 6.58. The van der Waals surface area contributed by atoms with Gasteiger partial charge in [-0.1, -0.05) is 79.9 Å². The van der Waals surface area contributed by atoms with E-state index in [1.165, 1.54) is 17.0 Å². The van der Waals surface area contributed by atoms with Gasteiger partial charge in [0.1, 0.15) is 23.4 Å². The van der Waals surface area contributed by atoms with Crippen LogP contribution in [0.15, 0.2) is 78.9 Å². The van der Waals surface area contributed by atoms with Gasteiger partial charge in [-0.3, -0.25) is 9.59 Å². The highest BCUT2D eigenvalue weighted by Gasteiger charge is 2.37. The van der Waals surface area contributed by atoms with Crippen molar-refractivity contribution in [3.05, 3.63) is 101 Å². The molecule has 0 aliphatic heterocycles. The van der Waals surface area contributed by atoms with Crippen LogP contribution in [0.25, 0.3) is 0 Å². The first-order valence-electron chi connectivity index (χ1n) is 14.5. The van der Waals surface area contributed by atoms with Gasteiger partial charge in [0.2, 0.25) is 11.8 Å². The van der Waals surface area contributed by atoms with Crippen LogP contribution in [0.5, 0.6) is 5.75 Å². The first-order chi connectivity index (χ1) is 20.5. The number of phenolic OH excluding ortho intramolecular Hbond substituents is 1. The molecule has 3 aromatic carbocycles. The van der Waals surface area contributed by atoms with E-state index in [1.807, 2.05) is 37.3 Å². The van der Waals surface area contributed by atoms with Gasteiger partial charge in [-0.25, -0.2) is 4.79 Å². The number of carbonyl (C=O) groups excluding carboxylic acids is 3. The maximum Gasteiger partial charge on any atom is 0.408 e. The number of phenols is 1. The molecule has 0 aliphatic carbocycles. The van der Waals surface area contributed by atoms with Crippen LogP contribution in [0.1, 0.15) is 68.8 Å². The van der Waals surface area contributed by atoms with E-state index in [2.05, 4.69) is 16.6 Å². The predicted octanol–water partition coefficient (Wildman–Crippen LogP) is 5.50. The lowest BCUT2D eigenvalue weighted by Crippen LogP contribution is -2.54. The quantitative estimate of drug-likeness (QED) is 0.244. The number of terminal acetylenes is 1. The van der Waals surface area contributed by atoms with Crippen molar-refractivity contribution < 1.29 is 24.2 Å². The number of hydrogen-bond donors (Lipinski definition) is 3. The third-order valence-electron chi connectivity index (χ3n) is 6.68. The van der Waals surface area contributed by atoms with E-state index in [0.717, 1.165) is 12.0 Å². The zero-order chi connectivity index (χ0) is 31.4. The summed E-state index contributed by atoms with van der Waals surface area (Å²) in [6.45, 7) is 7.72. The zero-order valence-corrected chi connectivity index (χ0v) is 25.3. The van der Waals surface area contributed by atoms with Gasteiger partial charge in [0, 0.05) is 25.1 Å². The molecule has 0 bridgehead atoms. The third-order valence-corrected chi connectivity index (χ3v) is 6.68. The monoisotopic (exact) mass is 583 g/mol. The highest BCUT2D eigenvalue weighted by molar-refractivity contribution is 5.92. The van der Waals surface area contributed by atoms with Crippen LogP contribution < -0.4 is 10.6 Å². The maximum atomic E-state index is 14.5. The molecule has 226 valence electrons. The van der Waals surface area contributed by atoms with E-state index in [0.29, 0.717) is 23.1 Å². The van der Waals surface area contributed by atoms with E-state index in [-0.39, 0.29) is 25.3 Å². The minimum Gasteiger partial charge on any atom is -0.508 e. The molecule has 8 nitrogen and oxygen atoms in total. The van der Waals surface area contributed by atoms with Gasteiger partial charge >= 0.3 is 6.09 Å². The van der Waals surface area contributed by atoms with Crippen LogP contribution >= 0.6 is 0 Å². The Bertz CT molecular complexity index is 1410. The molecule has 43 heavy (non-hydrogen) atoms. The number of alkyl carbamates (subject to hydrolysis) is 1. The second-order valence-corrected chi connectivity index (χ2v) is 11.3. The van der Waals surface area contributed by atoms with E-state index in [9.17, 15) is 19.5 Å². The number of carbonyl (C=O) groups is 3. The van der Waals surface area contributed by atoms with Gasteiger partial charge in [0.25, 0.3) is 0 Å². The molecule has 0 aliphatic rings. The first-order valence-corrected chi connectivity index (χ1v) is 14.5. The summed E-state index contributed by atoms with van der Waals surface area (Å²) in [5.74, 6) is 1.89. The van der Waals surface area contributed by atoms with E-state index in [1.54, 1.807) is 57.2 Å². The van der Waals surface area contributed by atoms with E-state index >= 15 is 0 Å². The summed E-state index contributed by atoms with van der Waals surface area (Å²) >= 11 is 0. The molecule has 3 aromatic rings. The molecule has 0 saturated carbocycles. The molecule has 0 fully saturated rings. The van der Waals surface area contributed by atoms with Gasteiger partial charge in [-0.05, 0) is 62.1 Å². The van der Waals surface area contributed by atoms with Crippen molar-refractivity contribution in [3.8, 4) is 18.1 Å². The summed E-state index contributed by atoms with van der Waals surface area (Å²) in [4.78, 5) is 42.9. The average molecular weight is 584 g/mol. The number of hydrogen-bond acceptors (Lipinski definition) is 5. The molecule has 2 atom stereocenters. The van der Waals surface area contributed by atoms with Crippen LogP contribution in [-0.4, -0.2) is 46.1 Å².